The summed E-state index contributed by atoms with van der Waals surface area (Å²) in [6.07, 6.45) is 0. The molecule has 0 rings (SSSR count). The van der Waals surface area contributed by atoms with Crippen molar-refractivity contribution in [3.05, 3.63) is 0 Å². The Labute approximate surface area is 94.4 Å². The third-order valence-electron chi connectivity index (χ3n) is 1.58. The number of nitrogens with one attached hydrogen (secondary N) is 2. The van der Waals surface area contributed by atoms with Crippen molar-refractivity contribution >= 4 is 19.4 Å². The van der Waals surface area contributed by atoms with Crippen LogP contribution in [-0.4, -0.2) is 45.3 Å². The summed E-state index contributed by atoms with van der Waals surface area (Å²) in [5.41, 5.74) is 0. The van der Waals surface area contributed by atoms with Crippen molar-refractivity contribution in [2.45, 2.75) is 6.92 Å². The van der Waals surface area contributed by atoms with Gasteiger partial charge in [0.1, 0.15) is 6.61 Å². The van der Waals surface area contributed by atoms with E-state index in [1.807, 2.05) is 0 Å². The third kappa shape index (κ3) is 8.40. The second-order valence-corrected chi connectivity index (χ2v) is 5.23. The molecule has 0 aromatic carbocycles. The van der Waals surface area contributed by atoms with Gasteiger partial charge < -0.3 is 15.2 Å². The van der Waals surface area contributed by atoms with Gasteiger partial charge in [0.15, 0.2) is 0 Å². The Kier molecular flexibility index (Phi) is 6.96. The maximum Gasteiger partial charge on any atom is 0.327 e. The Bertz CT molecular complexity index is 294. The van der Waals surface area contributed by atoms with E-state index in [-0.39, 0.29) is 12.5 Å². The lowest BCUT2D eigenvalue weighted by Gasteiger charge is -2.11. The predicted molar refractivity (Wildman–Crippen MR) is 58.2 cm³/mol. The highest BCUT2D eigenvalue weighted by Crippen LogP contribution is 2.42. The molecule has 0 unspecified atom stereocenters. The minimum absolute atomic E-state index is 0.164. The summed E-state index contributed by atoms with van der Waals surface area (Å²) in [7, 11) is -1.87. The van der Waals surface area contributed by atoms with Crippen molar-refractivity contribution in [1.82, 2.24) is 10.6 Å². The first-order valence-electron chi connectivity index (χ1n) is 4.66. The van der Waals surface area contributed by atoms with Crippen LogP contribution in [0.15, 0.2) is 0 Å². The Morgan fingerprint density at radius 3 is 2.31 bits per heavy atom. The molecule has 0 aliphatic rings. The van der Waals surface area contributed by atoms with Crippen molar-refractivity contribution in [2.24, 2.45) is 0 Å². The molecular weight excluding hydrogens is 235 g/mol. The standard InChI is InChI=1S/C8H17N2O5P/c1-7(11)9-4-5-10-8(12)6-15-16(3,13)14-2/h4-6H2,1-3H3,(H,9,11)(H,10,12)/t16-/m1/s1. The van der Waals surface area contributed by atoms with Crippen LogP contribution >= 0.6 is 7.60 Å². The quantitative estimate of drug-likeness (QED) is 0.480. The molecule has 1 atom stereocenters. The van der Waals surface area contributed by atoms with E-state index < -0.39 is 13.5 Å². The lowest BCUT2D eigenvalue weighted by Crippen LogP contribution is -2.35. The van der Waals surface area contributed by atoms with Gasteiger partial charge >= 0.3 is 7.60 Å². The van der Waals surface area contributed by atoms with Gasteiger partial charge in [0.05, 0.1) is 0 Å². The Hall–Kier alpha value is -0.910. The van der Waals surface area contributed by atoms with Crippen LogP contribution in [0.4, 0.5) is 0 Å². The first kappa shape index (κ1) is 15.1. The fraction of sp³-hybridized carbons (Fsp3) is 0.750. The van der Waals surface area contributed by atoms with Crippen LogP contribution in [0.3, 0.4) is 0 Å². The van der Waals surface area contributed by atoms with Crippen molar-refractivity contribution in [3.8, 4) is 0 Å². The molecule has 2 N–H and O–H groups in total. The van der Waals surface area contributed by atoms with Crippen molar-refractivity contribution in [3.63, 3.8) is 0 Å². The molecule has 0 spiro atoms. The van der Waals surface area contributed by atoms with Crippen LogP contribution in [0.1, 0.15) is 6.92 Å². The Morgan fingerprint density at radius 1 is 1.25 bits per heavy atom. The highest BCUT2D eigenvalue weighted by molar-refractivity contribution is 7.52. The van der Waals surface area contributed by atoms with Crippen LogP contribution in [-0.2, 0) is 23.2 Å². The summed E-state index contributed by atoms with van der Waals surface area (Å²) < 4.78 is 20.5. The summed E-state index contributed by atoms with van der Waals surface area (Å²) in [6, 6.07) is 0. The number of amides is 2. The van der Waals surface area contributed by atoms with Crippen LogP contribution < -0.4 is 10.6 Å². The van der Waals surface area contributed by atoms with E-state index in [1.165, 1.54) is 20.7 Å². The van der Waals surface area contributed by atoms with E-state index in [2.05, 4.69) is 15.2 Å². The summed E-state index contributed by atoms with van der Waals surface area (Å²) in [6.45, 7) is 2.97. The van der Waals surface area contributed by atoms with E-state index >= 15 is 0 Å². The van der Waals surface area contributed by atoms with E-state index in [1.54, 1.807) is 0 Å². The molecule has 0 aliphatic heterocycles. The topological polar surface area (TPSA) is 93.7 Å². The van der Waals surface area contributed by atoms with Gasteiger partial charge in [0.2, 0.25) is 11.8 Å². The van der Waals surface area contributed by atoms with Crippen LogP contribution in [0.2, 0.25) is 0 Å². The molecule has 0 saturated heterocycles. The maximum atomic E-state index is 11.2. The van der Waals surface area contributed by atoms with Gasteiger partial charge in [-0.3, -0.25) is 18.7 Å². The molecule has 0 aromatic heterocycles. The Morgan fingerprint density at radius 2 is 1.81 bits per heavy atom. The van der Waals surface area contributed by atoms with Gasteiger partial charge in [-0.1, -0.05) is 0 Å². The zero-order valence-electron chi connectivity index (χ0n) is 9.61. The molecule has 7 nitrogen and oxygen atoms in total. The van der Waals surface area contributed by atoms with Gasteiger partial charge in [-0.25, -0.2) is 0 Å². The fourth-order valence-corrected chi connectivity index (χ4v) is 1.18. The second-order valence-electron chi connectivity index (χ2n) is 3.06. The zero-order chi connectivity index (χ0) is 12.6. The smallest absolute Gasteiger partial charge is 0.327 e. The molecule has 8 heteroatoms. The molecule has 0 aromatic rings. The molecule has 0 aliphatic carbocycles. The minimum atomic E-state index is -3.11. The average molecular weight is 252 g/mol. The van der Waals surface area contributed by atoms with Crippen LogP contribution in [0.5, 0.6) is 0 Å². The lowest BCUT2D eigenvalue weighted by atomic mass is 10.5. The van der Waals surface area contributed by atoms with Gasteiger partial charge in [0, 0.05) is 33.8 Å². The van der Waals surface area contributed by atoms with Gasteiger partial charge in [-0.15, -0.1) is 0 Å². The summed E-state index contributed by atoms with van der Waals surface area (Å²) in [5.74, 6) is -0.576. The van der Waals surface area contributed by atoms with E-state index in [0.29, 0.717) is 13.1 Å². The fourth-order valence-electron chi connectivity index (χ4n) is 0.720. The molecular formula is C8H17N2O5P. The first-order valence-corrected chi connectivity index (χ1v) is 6.65. The molecule has 0 saturated carbocycles. The van der Waals surface area contributed by atoms with E-state index in [0.717, 1.165) is 0 Å². The molecule has 2 amide bonds. The molecule has 94 valence electrons. The average Bonchev–Trinajstić information content (AvgIpc) is 2.21. The predicted octanol–water partition coefficient (Wildman–Crippen LogP) is -0.275. The van der Waals surface area contributed by atoms with Crippen LogP contribution in [0, 0.1) is 0 Å². The summed E-state index contributed by atoms with van der Waals surface area (Å²) >= 11 is 0. The largest absolute Gasteiger partial charge is 0.355 e. The number of carbonyl (C=O) groups is 2. The SMILES string of the molecule is CO[P@@](C)(=O)OCC(=O)NCCNC(C)=O. The number of hydrogen-bond donors (Lipinski definition) is 2. The first-order chi connectivity index (χ1) is 7.37. The molecule has 0 radical (unpaired) electrons. The van der Waals surface area contributed by atoms with Gasteiger partial charge in [-0.05, 0) is 0 Å². The van der Waals surface area contributed by atoms with E-state index in [9.17, 15) is 14.2 Å². The van der Waals surface area contributed by atoms with Gasteiger partial charge in [-0.2, -0.15) is 0 Å². The summed E-state index contributed by atoms with van der Waals surface area (Å²) in [5, 5.41) is 4.99. The summed E-state index contributed by atoms with van der Waals surface area (Å²) in [4.78, 5) is 21.6. The zero-order valence-corrected chi connectivity index (χ0v) is 10.5. The van der Waals surface area contributed by atoms with Gasteiger partial charge in [0.25, 0.3) is 0 Å². The number of rotatable bonds is 7. The Balaban J connectivity index is 3.60. The molecule has 0 heterocycles. The van der Waals surface area contributed by atoms with E-state index in [4.69, 9.17) is 4.52 Å². The maximum absolute atomic E-state index is 11.2. The monoisotopic (exact) mass is 252 g/mol. The number of hydrogen-bond acceptors (Lipinski definition) is 5. The lowest BCUT2D eigenvalue weighted by molar-refractivity contribution is -0.123. The van der Waals surface area contributed by atoms with Crippen LogP contribution in [0.25, 0.3) is 0 Å². The molecule has 0 fully saturated rings. The second kappa shape index (κ2) is 7.38. The van der Waals surface area contributed by atoms with Crippen molar-refractivity contribution in [1.29, 1.82) is 0 Å². The van der Waals surface area contributed by atoms with Crippen molar-refractivity contribution in [2.75, 3.05) is 33.5 Å². The normalized spacial score (nSPS) is 13.9. The molecule has 16 heavy (non-hydrogen) atoms. The number of carbonyl (C=O) groups excluding carboxylic acids is 2. The van der Waals surface area contributed by atoms with Crippen molar-refractivity contribution < 1.29 is 23.2 Å². The highest BCUT2D eigenvalue weighted by atomic mass is 31.2. The highest BCUT2D eigenvalue weighted by Gasteiger charge is 2.16. The molecule has 0 bridgehead atoms. The minimum Gasteiger partial charge on any atom is -0.355 e. The third-order valence-corrected chi connectivity index (χ3v) is 2.84.